The topological polar surface area (TPSA) is 78.9 Å². The summed E-state index contributed by atoms with van der Waals surface area (Å²) in [4.78, 5) is 38.0. The number of ether oxygens (including phenoxy) is 3. The first-order valence-corrected chi connectivity index (χ1v) is 28.2. The molecule has 0 aliphatic heterocycles. The summed E-state index contributed by atoms with van der Waals surface area (Å²) in [7, 11) is 0. The molecule has 1 atom stereocenters. The molecule has 0 rings (SSSR count). The third-order valence-corrected chi connectivity index (χ3v) is 13.0. The molecule has 0 aromatic rings. The molecule has 374 valence electrons. The molecular formula is C57H110O6. The summed E-state index contributed by atoms with van der Waals surface area (Å²) >= 11 is 0. The van der Waals surface area contributed by atoms with Crippen LogP contribution in [0.25, 0.3) is 0 Å². The zero-order valence-corrected chi connectivity index (χ0v) is 43.2. The van der Waals surface area contributed by atoms with Gasteiger partial charge in [-0.25, -0.2) is 0 Å². The summed E-state index contributed by atoms with van der Waals surface area (Å²) < 4.78 is 16.8. The minimum absolute atomic E-state index is 0.0631. The third-order valence-electron chi connectivity index (χ3n) is 13.0. The molecular weight excluding hydrogens is 781 g/mol. The lowest BCUT2D eigenvalue weighted by molar-refractivity contribution is -0.167. The van der Waals surface area contributed by atoms with Crippen LogP contribution in [-0.2, 0) is 28.6 Å². The van der Waals surface area contributed by atoms with Gasteiger partial charge in [-0.2, -0.15) is 0 Å². The predicted octanol–water partition coefficient (Wildman–Crippen LogP) is 18.5. The minimum Gasteiger partial charge on any atom is -0.462 e. The fraction of sp³-hybridized carbons (Fsp3) is 0.947. The lowest BCUT2D eigenvalue weighted by Gasteiger charge is -2.18. The quantitative estimate of drug-likeness (QED) is 0.0344. The molecule has 0 heterocycles. The lowest BCUT2D eigenvalue weighted by atomic mass is 10.0. The fourth-order valence-electron chi connectivity index (χ4n) is 8.70. The van der Waals surface area contributed by atoms with E-state index in [2.05, 4.69) is 34.6 Å². The molecule has 0 amide bonds. The Labute approximate surface area is 393 Å². The van der Waals surface area contributed by atoms with Crippen LogP contribution >= 0.6 is 0 Å². The van der Waals surface area contributed by atoms with Crippen LogP contribution in [0.15, 0.2) is 0 Å². The van der Waals surface area contributed by atoms with Gasteiger partial charge in [0.05, 0.1) is 0 Å². The zero-order chi connectivity index (χ0) is 46.1. The van der Waals surface area contributed by atoms with E-state index in [9.17, 15) is 14.4 Å². The molecule has 0 fully saturated rings. The van der Waals surface area contributed by atoms with Gasteiger partial charge in [-0.1, -0.05) is 279 Å². The van der Waals surface area contributed by atoms with E-state index in [1.54, 1.807) is 0 Å². The van der Waals surface area contributed by atoms with Crippen LogP contribution in [0, 0.1) is 11.8 Å². The highest BCUT2D eigenvalue weighted by Gasteiger charge is 2.19. The number of hydrogen-bond donors (Lipinski definition) is 0. The first-order chi connectivity index (χ1) is 30.7. The van der Waals surface area contributed by atoms with E-state index in [4.69, 9.17) is 14.2 Å². The maximum atomic E-state index is 12.8. The Bertz CT molecular complexity index is 962. The van der Waals surface area contributed by atoms with Gasteiger partial charge in [-0.15, -0.1) is 0 Å². The van der Waals surface area contributed by atoms with Crippen molar-refractivity contribution < 1.29 is 28.6 Å². The van der Waals surface area contributed by atoms with E-state index in [-0.39, 0.29) is 31.1 Å². The van der Waals surface area contributed by atoms with E-state index in [0.717, 1.165) is 69.6 Å². The largest absolute Gasteiger partial charge is 0.462 e. The van der Waals surface area contributed by atoms with Crippen molar-refractivity contribution in [2.45, 2.75) is 323 Å². The molecule has 0 radical (unpaired) electrons. The number of hydrogen-bond acceptors (Lipinski definition) is 6. The molecule has 0 spiro atoms. The van der Waals surface area contributed by atoms with Gasteiger partial charge in [0.25, 0.3) is 0 Å². The van der Waals surface area contributed by atoms with Crippen molar-refractivity contribution in [3.8, 4) is 0 Å². The van der Waals surface area contributed by atoms with E-state index in [1.165, 1.54) is 205 Å². The van der Waals surface area contributed by atoms with E-state index in [1.807, 2.05) is 0 Å². The maximum absolute atomic E-state index is 12.8. The number of rotatable bonds is 51. The van der Waals surface area contributed by atoms with E-state index in [0.29, 0.717) is 19.3 Å². The standard InChI is InChI=1S/C57H110O6/c1-6-7-8-9-10-11-12-22-27-32-37-42-47-55(58)61-50-54(51-62-56(59)48-43-38-33-29-24-26-31-36-41-46-53(4)5)63-57(60)49-44-39-34-28-23-20-18-16-14-13-15-17-19-21-25-30-35-40-45-52(2)3/h52-54H,6-51H2,1-5H3/t54-/m1/s1. The summed E-state index contributed by atoms with van der Waals surface area (Å²) in [5, 5.41) is 0. The highest BCUT2D eigenvalue weighted by molar-refractivity contribution is 5.71. The van der Waals surface area contributed by atoms with Crippen LogP contribution < -0.4 is 0 Å². The second-order valence-electron chi connectivity index (χ2n) is 20.5. The minimum atomic E-state index is -0.762. The molecule has 0 saturated heterocycles. The summed E-state index contributed by atoms with van der Waals surface area (Å²) in [6.45, 7) is 11.4. The van der Waals surface area contributed by atoms with Gasteiger partial charge in [0.15, 0.2) is 6.10 Å². The average molecular weight is 892 g/mol. The van der Waals surface area contributed by atoms with E-state index < -0.39 is 6.10 Å². The van der Waals surface area contributed by atoms with Crippen molar-refractivity contribution in [3.63, 3.8) is 0 Å². The summed E-state index contributed by atoms with van der Waals surface area (Å²) in [5.41, 5.74) is 0. The molecule has 0 N–H and O–H groups in total. The van der Waals surface area contributed by atoms with Crippen molar-refractivity contribution >= 4 is 17.9 Å². The van der Waals surface area contributed by atoms with Gasteiger partial charge in [-0.05, 0) is 31.1 Å². The van der Waals surface area contributed by atoms with Crippen molar-refractivity contribution in [2.75, 3.05) is 13.2 Å². The molecule has 0 aromatic carbocycles. The Morgan fingerprint density at radius 3 is 0.778 bits per heavy atom. The SMILES string of the molecule is CCCCCCCCCCCCCCC(=O)OC[C@H](COC(=O)CCCCCCCCCCCC(C)C)OC(=O)CCCCCCCCCCCCCCCCCCCCC(C)C. The van der Waals surface area contributed by atoms with Crippen LogP contribution in [0.4, 0.5) is 0 Å². The van der Waals surface area contributed by atoms with Crippen LogP contribution in [0.5, 0.6) is 0 Å². The average Bonchev–Trinajstić information content (AvgIpc) is 3.25. The van der Waals surface area contributed by atoms with Crippen LogP contribution in [-0.4, -0.2) is 37.2 Å². The number of esters is 3. The summed E-state index contributed by atoms with van der Waals surface area (Å²) in [5.74, 6) is 0.824. The summed E-state index contributed by atoms with van der Waals surface area (Å²) in [6.07, 6.45) is 52.4. The van der Waals surface area contributed by atoms with Gasteiger partial charge in [0.1, 0.15) is 13.2 Å². The maximum Gasteiger partial charge on any atom is 0.306 e. The second-order valence-corrected chi connectivity index (χ2v) is 20.5. The molecule has 0 saturated carbocycles. The first-order valence-electron chi connectivity index (χ1n) is 28.2. The smallest absolute Gasteiger partial charge is 0.306 e. The molecule has 0 unspecified atom stereocenters. The summed E-state index contributed by atoms with van der Waals surface area (Å²) in [6, 6.07) is 0. The number of unbranched alkanes of at least 4 members (excludes halogenated alkanes) is 36. The van der Waals surface area contributed by atoms with Crippen LogP contribution in [0.3, 0.4) is 0 Å². The lowest BCUT2D eigenvalue weighted by Crippen LogP contribution is -2.30. The monoisotopic (exact) mass is 891 g/mol. The molecule has 0 aromatic heterocycles. The van der Waals surface area contributed by atoms with E-state index >= 15 is 0 Å². The Hall–Kier alpha value is -1.59. The van der Waals surface area contributed by atoms with Crippen molar-refractivity contribution in [3.05, 3.63) is 0 Å². The number of carbonyl (C=O) groups excluding carboxylic acids is 3. The van der Waals surface area contributed by atoms with Crippen molar-refractivity contribution in [1.29, 1.82) is 0 Å². The molecule has 6 nitrogen and oxygen atoms in total. The van der Waals surface area contributed by atoms with Crippen molar-refractivity contribution in [1.82, 2.24) is 0 Å². The fourth-order valence-corrected chi connectivity index (χ4v) is 8.70. The molecule has 6 heteroatoms. The van der Waals surface area contributed by atoms with Crippen LogP contribution in [0.1, 0.15) is 317 Å². The van der Waals surface area contributed by atoms with Crippen LogP contribution in [0.2, 0.25) is 0 Å². The second kappa shape index (κ2) is 49.8. The molecule has 0 aliphatic rings. The highest BCUT2D eigenvalue weighted by atomic mass is 16.6. The molecule has 0 bridgehead atoms. The predicted molar refractivity (Wildman–Crippen MR) is 270 cm³/mol. The van der Waals surface area contributed by atoms with Gasteiger partial charge in [0, 0.05) is 19.3 Å². The molecule has 0 aliphatic carbocycles. The highest BCUT2D eigenvalue weighted by Crippen LogP contribution is 2.18. The molecule has 63 heavy (non-hydrogen) atoms. The normalized spacial score (nSPS) is 12.0. The van der Waals surface area contributed by atoms with Gasteiger partial charge >= 0.3 is 17.9 Å². The van der Waals surface area contributed by atoms with Gasteiger partial charge in [-0.3, -0.25) is 14.4 Å². The van der Waals surface area contributed by atoms with Gasteiger partial charge in [0.2, 0.25) is 0 Å². The first kappa shape index (κ1) is 61.4. The third kappa shape index (κ3) is 51.3. The van der Waals surface area contributed by atoms with Gasteiger partial charge < -0.3 is 14.2 Å². The van der Waals surface area contributed by atoms with Crippen molar-refractivity contribution in [2.24, 2.45) is 11.8 Å². The Balaban J connectivity index is 4.24. The Morgan fingerprint density at radius 2 is 0.524 bits per heavy atom. The zero-order valence-electron chi connectivity index (χ0n) is 43.2. The Kier molecular flexibility index (Phi) is 48.6. The Morgan fingerprint density at radius 1 is 0.302 bits per heavy atom. The number of carbonyl (C=O) groups is 3.